The number of para-hydroxylation sites is 1. The van der Waals surface area contributed by atoms with Crippen molar-refractivity contribution in [2.75, 3.05) is 11.6 Å². The first-order valence-corrected chi connectivity index (χ1v) is 10.6. The Morgan fingerprint density at radius 1 is 1.13 bits per heavy atom. The fraction of sp³-hybridized carbons (Fsp3) is 0.500. The molecule has 9 nitrogen and oxygen atoms in total. The quantitative estimate of drug-likeness (QED) is 0.698. The summed E-state index contributed by atoms with van der Waals surface area (Å²) in [5.41, 5.74) is 0.587. The summed E-state index contributed by atoms with van der Waals surface area (Å²) in [4.78, 5) is 48.5. The Balaban J connectivity index is 1.49. The molecule has 3 atom stereocenters. The molecular formula is C22H28N4O5. The van der Waals surface area contributed by atoms with Crippen LogP contribution in [-0.4, -0.2) is 42.2 Å². The Morgan fingerprint density at radius 3 is 2.61 bits per heavy atom. The minimum Gasteiger partial charge on any atom is -0.451 e. The first-order chi connectivity index (χ1) is 14.8. The maximum atomic E-state index is 12.3. The van der Waals surface area contributed by atoms with Crippen LogP contribution in [-0.2, 0) is 19.1 Å². The van der Waals surface area contributed by atoms with E-state index in [-0.39, 0.29) is 30.5 Å². The second-order valence-corrected chi connectivity index (χ2v) is 8.06. The van der Waals surface area contributed by atoms with Crippen molar-refractivity contribution < 1.29 is 23.9 Å². The number of urea groups is 1. The van der Waals surface area contributed by atoms with E-state index >= 15 is 0 Å². The van der Waals surface area contributed by atoms with Crippen LogP contribution >= 0.6 is 0 Å². The number of nitrogens with zero attached hydrogens (tertiary/aromatic N) is 2. The Kier molecular flexibility index (Phi) is 7.38. The van der Waals surface area contributed by atoms with Crippen LogP contribution < -0.4 is 15.6 Å². The van der Waals surface area contributed by atoms with Crippen LogP contribution in [0.1, 0.15) is 46.0 Å². The molecule has 9 heteroatoms. The third-order valence-electron chi connectivity index (χ3n) is 5.88. The Bertz CT molecular complexity index is 870. The Morgan fingerprint density at radius 2 is 1.87 bits per heavy atom. The molecule has 0 saturated heterocycles. The predicted molar refractivity (Wildman–Crippen MR) is 114 cm³/mol. The number of anilines is 1. The topological polar surface area (TPSA) is 117 Å². The molecule has 2 aliphatic rings. The lowest BCUT2D eigenvalue weighted by atomic mass is 9.78. The van der Waals surface area contributed by atoms with Crippen LogP contribution in [0.5, 0.6) is 0 Å². The molecule has 166 valence electrons. The number of amides is 4. The van der Waals surface area contributed by atoms with Gasteiger partial charge in [0.15, 0.2) is 6.61 Å². The number of carbonyl (C=O) groups excluding carboxylic acids is 4. The molecule has 3 rings (SSSR count). The van der Waals surface area contributed by atoms with Crippen molar-refractivity contribution >= 4 is 35.2 Å². The summed E-state index contributed by atoms with van der Waals surface area (Å²) in [6.07, 6.45) is 3.27. The van der Waals surface area contributed by atoms with Crippen LogP contribution in [0.15, 0.2) is 35.4 Å². The second-order valence-electron chi connectivity index (χ2n) is 8.06. The zero-order valence-corrected chi connectivity index (χ0v) is 17.8. The molecule has 31 heavy (non-hydrogen) atoms. The van der Waals surface area contributed by atoms with E-state index in [0.29, 0.717) is 17.5 Å². The number of ether oxygens (including phenoxy) is 1. The summed E-state index contributed by atoms with van der Waals surface area (Å²) in [7, 11) is 0. The van der Waals surface area contributed by atoms with Crippen molar-refractivity contribution in [3.63, 3.8) is 0 Å². The molecule has 4 amide bonds. The first-order valence-electron chi connectivity index (χ1n) is 10.6. The largest absolute Gasteiger partial charge is 0.451 e. The molecule has 0 bridgehead atoms. The van der Waals surface area contributed by atoms with Gasteiger partial charge in [0, 0.05) is 18.9 Å². The minimum atomic E-state index is -0.793. The van der Waals surface area contributed by atoms with Gasteiger partial charge in [-0.15, -0.1) is 0 Å². The van der Waals surface area contributed by atoms with Gasteiger partial charge in [0.2, 0.25) is 5.91 Å². The number of benzene rings is 1. The number of hydrogen-bond donors (Lipinski definition) is 2. The van der Waals surface area contributed by atoms with Gasteiger partial charge >= 0.3 is 12.0 Å². The lowest BCUT2D eigenvalue weighted by Gasteiger charge is -2.34. The number of nitrogens with one attached hydrogen (secondary N) is 2. The molecule has 1 fully saturated rings. The number of imide groups is 1. The average molecular weight is 428 g/mol. The maximum absolute atomic E-state index is 12.3. The summed E-state index contributed by atoms with van der Waals surface area (Å²) in [6.45, 7) is 3.63. The number of esters is 1. The van der Waals surface area contributed by atoms with Crippen LogP contribution in [0.2, 0.25) is 0 Å². The molecule has 1 aromatic rings. The number of hydrazone groups is 1. The van der Waals surface area contributed by atoms with Gasteiger partial charge in [-0.3, -0.25) is 14.9 Å². The van der Waals surface area contributed by atoms with Crippen molar-refractivity contribution in [3.8, 4) is 0 Å². The minimum absolute atomic E-state index is 0.0113. The van der Waals surface area contributed by atoms with Crippen LogP contribution in [0.4, 0.5) is 10.5 Å². The van der Waals surface area contributed by atoms with E-state index in [0.717, 1.165) is 24.3 Å². The molecular weight excluding hydrogens is 400 g/mol. The monoisotopic (exact) mass is 428 g/mol. The standard InChI is InChI=1S/C22H28N4O5/c1-14-7-6-10-17(15(14)2)23-22(30)24-19(27)13-31-21(29)18-11-12-20(28)26(25-18)16-8-4-3-5-9-16/h3-5,8-9,14-15,17H,6-7,10-13H2,1-2H3,(H2,23,24,27,30)/t14-,15+,17-/m1/s1. The van der Waals surface area contributed by atoms with Gasteiger partial charge in [-0.2, -0.15) is 5.10 Å². The number of hydrogen-bond acceptors (Lipinski definition) is 6. The van der Waals surface area contributed by atoms with Gasteiger partial charge in [0.1, 0.15) is 5.71 Å². The number of carbonyl (C=O) groups is 4. The Labute approximate surface area is 181 Å². The second kappa shape index (κ2) is 10.2. The summed E-state index contributed by atoms with van der Waals surface area (Å²) in [5.74, 6) is -0.918. The highest BCUT2D eigenvalue weighted by Crippen LogP contribution is 2.29. The van der Waals surface area contributed by atoms with Gasteiger partial charge < -0.3 is 10.1 Å². The van der Waals surface area contributed by atoms with Crippen molar-refractivity contribution in [2.24, 2.45) is 16.9 Å². The summed E-state index contributed by atoms with van der Waals surface area (Å²) in [5, 5.41) is 10.3. The third-order valence-corrected chi connectivity index (χ3v) is 5.88. The molecule has 0 spiro atoms. The molecule has 0 aromatic heterocycles. The smallest absolute Gasteiger partial charge is 0.355 e. The van der Waals surface area contributed by atoms with Gasteiger partial charge in [-0.1, -0.05) is 44.9 Å². The Hall–Kier alpha value is -3.23. The maximum Gasteiger partial charge on any atom is 0.355 e. The molecule has 2 N–H and O–H groups in total. The zero-order valence-electron chi connectivity index (χ0n) is 17.8. The lowest BCUT2D eigenvalue weighted by molar-refractivity contribution is -0.142. The molecule has 1 aliphatic carbocycles. The lowest BCUT2D eigenvalue weighted by Crippen LogP contribution is -2.50. The van der Waals surface area contributed by atoms with Gasteiger partial charge in [-0.25, -0.2) is 14.6 Å². The van der Waals surface area contributed by atoms with Crippen molar-refractivity contribution in [3.05, 3.63) is 30.3 Å². The van der Waals surface area contributed by atoms with Crippen LogP contribution in [0, 0.1) is 11.8 Å². The fourth-order valence-electron chi connectivity index (χ4n) is 3.84. The first kappa shape index (κ1) is 22.5. The molecule has 1 aromatic carbocycles. The SMILES string of the molecule is C[C@H]1[C@H](C)CCC[C@H]1NC(=O)NC(=O)COC(=O)C1=NN(c2ccccc2)C(=O)CC1. The summed E-state index contributed by atoms with van der Waals surface area (Å²) < 4.78 is 4.99. The van der Waals surface area contributed by atoms with E-state index < -0.39 is 24.5 Å². The molecule has 0 unspecified atom stereocenters. The normalized spacial score (nSPS) is 23.5. The molecule has 1 heterocycles. The zero-order chi connectivity index (χ0) is 22.4. The fourth-order valence-corrected chi connectivity index (χ4v) is 3.84. The van der Waals surface area contributed by atoms with Crippen molar-refractivity contribution in [1.29, 1.82) is 0 Å². The molecule has 1 aliphatic heterocycles. The van der Waals surface area contributed by atoms with Crippen molar-refractivity contribution in [1.82, 2.24) is 10.6 Å². The van der Waals surface area contributed by atoms with Gasteiger partial charge in [0.05, 0.1) is 5.69 Å². The molecule has 0 radical (unpaired) electrons. The van der Waals surface area contributed by atoms with Gasteiger partial charge in [0.25, 0.3) is 5.91 Å². The van der Waals surface area contributed by atoms with E-state index in [4.69, 9.17) is 4.74 Å². The van der Waals surface area contributed by atoms with E-state index in [1.807, 2.05) is 0 Å². The summed E-state index contributed by atoms with van der Waals surface area (Å²) in [6, 6.07) is 8.15. The van der Waals surface area contributed by atoms with E-state index in [2.05, 4.69) is 29.6 Å². The van der Waals surface area contributed by atoms with E-state index in [9.17, 15) is 19.2 Å². The number of rotatable bonds is 5. The third kappa shape index (κ3) is 5.90. The van der Waals surface area contributed by atoms with Crippen LogP contribution in [0.3, 0.4) is 0 Å². The average Bonchev–Trinajstić information content (AvgIpc) is 2.76. The van der Waals surface area contributed by atoms with Gasteiger partial charge in [-0.05, 0) is 30.4 Å². The predicted octanol–water partition coefficient (Wildman–Crippen LogP) is 2.36. The van der Waals surface area contributed by atoms with Crippen LogP contribution in [0.25, 0.3) is 0 Å². The van der Waals surface area contributed by atoms with Crippen molar-refractivity contribution in [2.45, 2.75) is 52.0 Å². The van der Waals surface area contributed by atoms with E-state index in [1.54, 1.807) is 30.3 Å². The highest BCUT2D eigenvalue weighted by atomic mass is 16.5. The van der Waals surface area contributed by atoms with E-state index in [1.165, 1.54) is 0 Å². The molecule has 1 saturated carbocycles. The highest BCUT2D eigenvalue weighted by Gasteiger charge is 2.29. The highest BCUT2D eigenvalue weighted by molar-refractivity contribution is 6.38. The summed E-state index contributed by atoms with van der Waals surface area (Å²) >= 11 is 0.